The van der Waals surface area contributed by atoms with E-state index >= 15 is 0 Å². The third-order valence-electron chi connectivity index (χ3n) is 4.25. The first-order valence-corrected chi connectivity index (χ1v) is 7.81. The molecule has 5 heteroatoms. The molecule has 1 amide bonds. The number of hydrogen-bond acceptors (Lipinski definition) is 4. The fourth-order valence-electron chi connectivity index (χ4n) is 3.24. The normalized spacial score (nSPS) is 25.6. The Hall–Kier alpha value is -0.910. The number of nitrogens with zero attached hydrogens (tertiary/aromatic N) is 1. The van der Waals surface area contributed by atoms with Gasteiger partial charge < -0.3 is 9.64 Å². The lowest BCUT2D eigenvalue weighted by Crippen LogP contribution is -2.44. The van der Waals surface area contributed by atoms with Crippen LogP contribution in [-0.4, -0.2) is 36.6 Å². The minimum atomic E-state index is -0.305. The molecule has 2 fully saturated rings. The van der Waals surface area contributed by atoms with Gasteiger partial charge in [-0.05, 0) is 35.2 Å². The summed E-state index contributed by atoms with van der Waals surface area (Å²) in [5.41, 5.74) is 0.888. The van der Waals surface area contributed by atoms with Crippen molar-refractivity contribution in [2.45, 2.75) is 37.4 Å². The molecule has 2 aliphatic rings. The third kappa shape index (κ3) is 2.20. The summed E-state index contributed by atoms with van der Waals surface area (Å²) in [6, 6.07) is 2.10. The predicted octanol–water partition coefficient (Wildman–Crippen LogP) is 2.14. The molecule has 1 N–H and O–H groups in total. The molecule has 1 aromatic rings. The Kier molecular flexibility index (Phi) is 3.60. The van der Waals surface area contributed by atoms with Gasteiger partial charge in [0.1, 0.15) is 6.17 Å². The van der Waals surface area contributed by atoms with Crippen molar-refractivity contribution in [2.24, 2.45) is 0 Å². The van der Waals surface area contributed by atoms with Gasteiger partial charge in [-0.15, -0.1) is 0 Å². The van der Waals surface area contributed by atoms with Crippen LogP contribution in [0.2, 0.25) is 0 Å². The van der Waals surface area contributed by atoms with Crippen LogP contribution >= 0.6 is 11.3 Å². The molecule has 1 aromatic heterocycles. The van der Waals surface area contributed by atoms with Crippen LogP contribution in [0.3, 0.4) is 0 Å². The molecule has 1 saturated carbocycles. The number of carbonyl (C=O) groups is 1. The van der Waals surface area contributed by atoms with Gasteiger partial charge in [-0.25, -0.2) is 0 Å². The summed E-state index contributed by atoms with van der Waals surface area (Å²) in [6.45, 7) is 1.24. The van der Waals surface area contributed by atoms with E-state index in [9.17, 15) is 4.79 Å². The van der Waals surface area contributed by atoms with Gasteiger partial charge >= 0.3 is 0 Å². The first-order valence-electron chi connectivity index (χ1n) is 6.87. The Morgan fingerprint density at radius 3 is 2.95 bits per heavy atom. The molecule has 1 spiro atoms. The largest absolute Gasteiger partial charge is 0.383 e. The number of hydrogen-bond donors (Lipinski definition) is 1. The van der Waals surface area contributed by atoms with E-state index in [4.69, 9.17) is 4.74 Å². The Bertz CT molecular complexity index is 440. The minimum absolute atomic E-state index is 0.0204. The molecule has 1 aliphatic heterocycles. The first kappa shape index (κ1) is 13.1. The van der Waals surface area contributed by atoms with Crippen LogP contribution < -0.4 is 5.32 Å². The SMILES string of the molecule is COCCN1C(=O)C2(CCCC2)NC1c1ccsc1. The predicted molar refractivity (Wildman–Crippen MR) is 75.0 cm³/mol. The van der Waals surface area contributed by atoms with Gasteiger partial charge in [-0.2, -0.15) is 11.3 Å². The van der Waals surface area contributed by atoms with Crippen LogP contribution in [0.4, 0.5) is 0 Å². The molecule has 1 saturated heterocycles. The summed E-state index contributed by atoms with van der Waals surface area (Å²) in [7, 11) is 1.68. The lowest BCUT2D eigenvalue weighted by Gasteiger charge is -2.23. The standard InChI is InChI=1S/C14H20N2O2S/c1-18-8-7-16-12(11-4-9-19-10-11)15-14(13(16)17)5-2-3-6-14/h4,9-10,12,15H,2-3,5-8H2,1H3. The fourth-order valence-corrected chi connectivity index (χ4v) is 3.92. The number of nitrogens with one attached hydrogen (secondary N) is 1. The highest BCUT2D eigenvalue weighted by atomic mass is 32.1. The number of thiophene rings is 1. The second-order valence-electron chi connectivity index (χ2n) is 5.38. The molecule has 3 rings (SSSR count). The fraction of sp³-hybridized carbons (Fsp3) is 0.643. The maximum atomic E-state index is 12.8. The van der Waals surface area contributed by atoms with E-state index in [0.29, 0.717) is 13.2 Å². The molecular weight excluding hydrogens is 260 g/mol. The molecule has 104 valence electrons. The van der Waals surface area contributed by atoms with E-state index < -0.39 is 0 Å². The van der Waals surface area contributed by atoms with Gasteiger partial charge in [-0.3, -0.25) is 10.1 Å². The Morgan fingerprint density at radius 1 is 1.53 bits per heavy atom. The van der Waals surface area contributed by atoms with E-state index in [-0.39, 0.29) is 17.6 Å². The number of methoxy groups -OCH3 is 1. The van der Waals surface area contributed by atoms with E-state index in [1.165, 1.54) is 5.56 Å². The molecule has 0 aromatic carbocycles. The smallest absolute Gasteiger partial charge is 0.244 e. The molecule has 1 unspecified atom stereocenters. The van der Waals surface area contributed by atoms with Gasteiger partial charge in [0, 0.05) is 13.7 Å². The van der Waals surface area contributed by atoms with Crippen LogP contribution in [0.25, 0.3) is 0 Å². The quantitative estimate of drug-likeness (QED) is 0.918. The maximum absolute atomic E-state index is 12.8. The van der Waals surface area contributed by atoms with Crippen LogP contribution in [0.15, 0.2) is 16.8 Å². The van der Waals surface area contributed by atoms with E-state index in [2.05, 4.69) is 22.1 Å². The van der Waals surface area contributed by atoms with Crippen LogP contribution in [-0.2, 0) is 9.53 Å². The highest BCUT2D eigenvalue weighted by molar-refractivity contribution is 7.07. The third-order valence-corrected chi connectivity index (χ3v) is 4.95. The van der Waals surface area contributed by atoms with E-state index in [0.717, 1.165) is 25.7 Å². The van der Waals surface area contributed by atoms with Gasteiger partial charge in [0.05, 0.1) is 12.1 Å². The number of ether oxygens (including phenoxy) is 1. The zero-order valence-corrected chi connectivity index (χ0v) is 12.0. The molecule has 2 heterocycles. The first-order chi connectivity index (χ1) is 9.27. The van der Waals surface area contributed by atoms with Crippen LogP contribution in [0.1, 0.15) is 37.4 Å². The summed E-state index contributed by atoms with van der Waals surface area (Å²) in [4.78, 5) is 14.7. The summed E-state index contributed by atoms with van der Waals surface area (Å²) in [5.74, 6) is 0.262. The van der Waals surface area contributed by atoms with Crippen molar-refractivity contribution in [3.05, 3.63) is 22.4 Å². The summed E-state index contributed by atoms with van der Waals surface area (Å²) in [5, 5.41) is 7.79. The van der Waals surface area contributed by atoms with E-state index in [1.807, 2.05) is 4.90 Å². The lowest BCUT2D eigenvalue weighted by molar-refractivity contribution is -0.133. The van der Waals surface area contributed by atoms with Crippen molar-refractivity contribution in [2.75, 3.05) is 20.3 Å². The molecule has 0 radical (unpaired) electrons. The Balaban J connectivity index is 1.86. The minimum Gasteiger partial charge on any atom is -0.383 e. The summed E-state index contributed by atoms with van der Waals surface area (Å²) < 4.78 is 5.15. The number of carbonyl (C=O) groups excluding carboxylic acids is 1. The Labute approximate surface area is 117 Å². The van der Waals surface area contributed by atoms with Crippen molar-refractivity contribution >= 4 is 17.2 Å². The Morgan fingerprint density at radius 2 is 2.32 bits per heavy atom. The molecule has 0 bridgehead atoms. The maximum Gasteiger partial charge on any atom is 0.244 e. The molecule has 4 nitrogen and oxygen atoms in total. The van der Waals surface area contributed by atoms with Crippen molar-refractivity contribution in [1.82, 2.24) is 10.2 Å². The highest BCUT2D eigenvalue weighted by Gasteiger charge is 2.52. The number of rotatable bonds is 4. The average Bonchev–Trinajstić information content (AvgIpc) is 3.13. The van der Waals surface area contributed by atoms with Crippen LogP contribution in [0.5, 0.6) is 0 Å². The van der Waals surface area contributed by atoms with Gasteiger partial charge in [-0.1, -0.05) is 12.8 Å². The van der Waals surface area contributed by atoms with Crippen molar-refractivity contribution in [3.8, 4) is 0 Å². The molecule has 1 aliphatic carbocycles. The number of amides is 1. The van der Waals surface area contributed by atoms with E-state index in [1.54, 1.807) is 18.4 Å². The second kappa shape index (κ2) is 5.23. The van der Waals surface area contributed by atoms with Crippen LogP contribution in [0, 0.1) is 0 Å². The second-order valence-corrected chi connectivity index (χ2v) is 6.16. The van der Waals surface area contributed by atoms with Gasteiger partial charge in [0.2, 0.25) is 5.91 Å². The topological polar surface area (TPSA) is 41.6 Å². The molecule has 19 heavy (non-hydrogen) atoms. The average molecular weight is 280 g/mol. The zero-order valence-electron chi connectivity index (χ0n) is 11.2. The van der Waals surface area contributed by atoms with Gasteiger partial charge in [0.25, 0.3) is 0 Å². The molecular formula is C14H20N2O2S. The van der Waals surface area contributed by atoms with Crippen molar-refractivity contribution in [3.63, 3.8) is 0 Å². The lowest BCUT2D eigenvalue weighted by atomic mass is 9.98. The monoisotopic (exact) mass is 280 g/mol. The summed E-state index contributed by atoms with van der Waals surface area (Å²) >= 11 is 1.68. The highest BCUT2D eigenvalue weighted by Crippen LogP contribution is 2.40. The van der Waals surface area contributed by atoms with Gasteiger partial charge in [0.15, 0.2) is 0 Å². The van der Waals surface area contributed by atoms with Crippen molar-refractivity contribution in [1.29, 1.82) is 0 Å². The zero-order chi connectivity index (χ0) is 13.3. The molecule has 1 atom stereocenters. The van der Waals surface area contributed by atoms with Crippen molar-refractivity contribution < 1.29 is 9.53 Å². The summed E-state index contributed by atoms with van der Waals surface area (Å²) in [6.07, 6.45) is 4.25.